The quantitative estimate of drug-likeness (QED) is 0.741. The predicted molar refractivity (Wildman–Crippen MR) is 105 cm³/mol. The molecule has 3 nitrogen and oxygen atoms in total. The van der Waals surface area contributed by atoms with Gasteiger partial charge in [0.2, 0.25) is 0 Å². The Morgan fingerprint density at radius 1 is 0.923 bits per heavy atom. The monoisotopic (exact) mass is 344 g/mol. The van der Waals surface area contributed by atoms with Gasteiger partial charge in [-0.25, -0.2) is 0 Å². The largest absolute Gasteiger partial charge is 0.489 e. The Kier molecular flexibility index (Phi) is 5.27. The van der Waals surface area contributed by atoms with E-state index in [1.54, 1.807) is 0 Å². The van der Waals surface area contributed by atoms with E-state index in [-0.39, 0.29) is 0 Å². The summed E-state index contributed by atoms with van der Waals surface area (Å²) in [4.78, 5) is 4.95. The Labute approximate surface area is 155 Å². The van der Waals surface area contributed by atoms with Crippen LogP contribution in [0.4, 0.5) is 0 Å². The van der Waals surface area contributed by atoms with Crippen molar-refractivity contribution in [3.8, 4) is 17.0 Å². The number of ether oxygens (including phenoxy) is 1. The molecule has 0 aliphatic carbocycles. The number of hydrogen-bond acceptors (Lipinski definition) is 3. The lowest BCUT2D eigenvalue weighted by molar-refractivity contribution is 0.306. The van der Waals surface area contributed by atoms with Crippen LogP contribution in [0.1, 0.15) is 29.7 Å². The van der Waals surface area contributed by atoms with E-state index in [0.29, 0.717) is 6.61 Å². The second kappa shape index (κ2) is 8.15. The van der Waals surface area contributed by atoms with Crippen molar-refractivity contribution in [1.29, 1.82) is 0 Å². The van der Waals surface area contributed by atoms with Gasteiger partial charge in [-0.15, -0.1) is 0 Å². The van der Waals surface area contributed by atoms with Crippen LogP contribution in [0.15, 0.2) is 66.7 Å². The van der Waals surface area contributed by atoms with Crippen LogP contribution in [0.25, 0.3) is 11.3 Å². The van der Waals surface area contributed by atoms with Crippen molar-refractivity contribution in [2.75, 3.05) is 6.54 Å². The van der Waals surface area contributed by atoms with Crippen LogP contribution in [0, 0.1) is 0 Å². The van der Waals surface area contributed by atoms with Gasteiger partial charge in [0.05, 0.1) is 5.69 Å². The molecule has 0 saturated heterocycles. The molecule has 0 saturated carbocycles. The van der Waals surface area contributed by atoms with E-state index in [0.717, 1.165) is 36.5 Å². The Bertz CT molecular complexity index is 861. The molecule has 0 spiro atoms. The highest BCUT2D eigenvalue weighted by atomic mass is 16.5. The summed E-state index contributed by atoms with van der Waals surface area (Å²) in [5, 5.41) is 3.48. The van der Waals surface area contributed by atoms with E-state index in [9.17, 15) is 0 Å². The molecule has 0 unspecified atom stereocenters. The minimum atomic E-state index is 0.577. The Morgan fingerprint density at radius 2 is 1.85 bits per heavy atom. The number of aromatic nitrogens is 1. The topological polar surface area (TPSA) is 34.1 Å². The molecular weight excluding hydrogens is 320 g/mol. The van der Waals surface area contributed by atoms with Gasteiger partial charge in [0.25, 0.3) is 0 Å². The molecule has 3 aromatic rings. The van der Waals surface area contributed by atoms with Gasteiger partial charge >= 0.3 is 0 Å². The number of nitrogens with zero attached hydrogens (tertiary/aromatic N) is 1. The van der Waals surface area contributed by atoms with Gasteiger partial charge in [0, 0.05) is 17.8 Å². The molecule has 1 N–H and O–H groups in total. The Hall–Kier alpha value is -2.65. The molecule has 1 aromatic heterocycles. The summed E-state index contributed by atoms with van der Waals surface area (Å²) in [7, 11) is 0. The van der Waals surface area contributed by atoms with Crippen LogP contribution in [0.2, 0.25) is 0 Å². The fraction of sp³-hybridized carbons (Fsp3) is 0.261. The maximum Gasteiger partial charge on any atom is 0.120 e. The summed E-state index contributed by atoms with van der Waals surface area (Å²) in [5.74, 6) is 0.876. The van der Waals surface area contributed by atoms with Crippen LogP contribution in [-0.2, 0) is 19.6 Å². The lowest BCUT2D eigenvalue weighted by Gasteiger charge is -2.15. The van der Waals surface area contributed by atoms with Crippen molar-refractivity contribution < 1.29 is 4.74 Å². The maximum atomic E-state index is 5.97. The minimum Gasteiger partial charge on any atom is -0.489 e. The SMILES string of the molecule is c1ccc(COc2cccc(-c3ccc4c(n3)CCCCNC4)c2)cc1. The van der Waals surface area contributed by atoms with Gasteiger partial charge < -0.3 is 10.1 Å². The van der Waals surface area contributed by atoms with E-state index in [2.05, 4.69) is 41.7 Å². The molecule has 26 heavy (non-hydrogen) atoms. The van der Waals surface area contributed by atoms with Crippen molar-refractivity contribution in [3.05, 3.63) is 83.6 Å². The molecule has 0 bridgehead atoms. The van der Waals surface area contributed by atoms with Crippen LogP contribution in [0.3, 0.4) is 0 Å². The molecule has 4 rings (SSSR count). The van der Waals surface area contributed by atoms with Crippen molar-refractivity contribution in [2.24, 2.45) is 0 Å². The number of aryl methyl sites for hydroxylation is 1. The average molecular weight is 344 g/mol. The van der Waals surface area contributed by atoms with Gasteiger partial charge in [-0.2, -0.15) is 0 Å². The number of rotatable bonds is 4. The highest BCUT2D eigenvalue weighted by molar-refractivity contribution is 5.61. The second-order valence-corrected chi connectivity index (χ2v) is 6.74. The zero-order valence-electron chi connectivity index (χ0n) is 14.9. The molecule has 2 heterocycles. The summed E-state index contributed by atoms with van der Waals surface area (Å²) in [5.41, 5.74) is 5.85. The summed E-state index contributed by atoms with van der Waals surface area (Å²) in [6, 6.07) is 22.8. The third-order valence-corrected chi connectivity index (χ3v) is 4.78. The normalized spacial score (nSPS) is 14.2. The molecule has 0 fully saturated rings. The lowest BCUT2D eigenvalue weighted by atomic mass is 10.0. The molecule has 1 aliphatic heterocycles. The summed E-state index contributed by atoms with van der Waals surface area (Å²) < 4.78 is 5.97. The van der Waals surface area contributed by atoms with Crippen molar-refractivity contribution >= 4 is 0 Å². The standard InChI is InChI=1S/C23H24N2O/c1-2-7-18(8-3-1)17-26-21-10-6-9-19(15-21)23-13-12-20-16-24-14-5-4-11-22(20)25-23/h1-3,6-10,12-13,15,24H,4-5,11,14,16-17H2. The molecular formula is C23H24N2O. The molecule has 2 aromatic carbocycles. The highest BCUT2D eigenvalue weighted by Gasteiger charge is 2.10. The number of fused-ring (bicyclic) bond motifs is 1. The lowest BCUT2D eigenvalue weighted by Crippen LogP contribution is -2.19. The Balaban J connectivity index is 1.53. The van der Waals surface area contributed by atoms with Crippen LogP contribution < -0.4 is 10.1 Å². The van der Waals surface area contributed by atoms with Crippen molar-refractivity contribution in [1.82, 2.24) is 10.3 Å². The zero-order valence-corrected chi connectivity index (χ0v) is 14.9. The summed E-state index contributed by atoms with van der Waals surface area (Å²) >= 11 is 0. The highest BCUT2D eigenvalue weighted by Crippen LogP contribution is 2.25. The van der Waals surface area contributed by atoms with Gasteiger partial charge in [-0.05, 0) is 55.1 Å². The van der Waals surface area contributed by atoms with Crippen LogP contribution in [0.5, 0.6) is 5.75 Å². The average Bonchev–Trinajstić information content (AvgIpc) is 2.68. The van der Waals surface area contributed by atoms with E-state index in [4.69, 9.17) is 9.72 Å². The van der Waals surface area contributed by atoms with Gasteiger partial charge in [-0.3, -0.25) is 4.98 Å². The molecule has 3 heteroatoms. The number of hydrogen-bond donors (Lipinski definition) is 1. The number of nitrogens with one attached hydrogen (secondary N) is 1. The van der Waals surface area contributed by atoms with Crippen LogP contribution in [-0.4, -0.2) is 11.5 Å². The van der Waals surface area contributed by atoms with E-state index in [1.807, 2.05) is 30.3 Å². The fourth-order valence-electron chi connectivity index (χ4n) is 3.32. The second-order valence-electron chi connectivity index (χ2n) is 6.74. The van der Waals surface area contributed by atoms with Crippen LogP contribution >= 0.6 is 0 Å². The van der Waals surface area contributed by atoms with E-state index < -0.39 is 0 Å². The van der Waals surface area contributed by atoms with Gasteiger partial charge in [0.1, 0.15) is 12.4 Å². The Morgan fingerprint density at radius 3 is 2.77 bits per heavy atom. The molecule has 0 amide bonds. The van der Waals surface area contributed by atoms with E-state index in [1.165, 1.54) is 29.7 Å². The van der Waals surface area contributed by atoms with Gasteiger partial charge in [0.15, 0.2) is 0 Å². The fourth-order valence-corrected chi connectivity index (χ4v) is 3.32. The molecule has 0 radical (unpaired) electrons. The number of benzene rings is 2. The van der Waals surface area contributed by atoms with Crippen molar-refractivity contribution in [3.63, 3.8) is 0 Å². The molecule has 1 aliphatic rings. The smallest absolute Gasteiger partial charge is 0.120 e. The first-order valence-electron chi connectivity index (χ1n) is 9.35. The van der Waals surface area contributed by atoms with Crippen molar-refractivity contribution in [2.45, 2.75) is 32.4 Å². The zero-order chi connectivity index (χ0) is 17.6. The number of pyridine rings is 1. The summed E-state index contributed by atoms with van der Waals surface area (Å²) in [6.45, 7) is 2.60. The summed E-state index contributed by atoms with van der Waals surface area (Å²) in [6.07, 6.45) is 3.47. The molecule has 0 atom stereocenters. The predicted octanol–water partition coefficient (Wildman–Crippen LogP) is 4.75. The first-order valence-corrected chi connectivity index (χ1v) is 9.35. The first-order chi connectivity index (χ1) is 12.9. The molecule has 132 valence electrons. The first kappa shape index (κ1) is 16.8. The third-order valence-electron chi connectivity index (χ3n) is 4.78. The maximum absolute atomic E-state index is 5.97. The minimum absolute atomic E-state index is 0.577. The van der Waals surface area contributed by atoms with Gasteiger partial charge in [-0.1, -0.05) is 48.5 Å². The van der Waals surface area contributed by atoms with E-state index >= 15 is 0 Å². The third kappa shape index (κ3) is 4.12.